The van der Waals surface area contributed by atoms with E-state index in [2.05, 4.69) is 5.32 Å². The van der Waals surface area contributed by atoms with E-state index in [4.69, 9.17) is 5.26 Å². The molecule has 0 amide bonds. The van der Waals surface area contributed by atoms with Gasteiger partial charge in [0.25, 0.3) is 0 Å². The van der Waals surface area contributed by atoms with Crippen LogP contribution >= 0.6 is 0 Å². The Morgan fingerprint density at radius 2 is 2.00 bits per heavy atom. The van der Waals surface area contributed by atoms with Gasteiger partial charge in [-0.1, -0.05) is 6.42 Å². The van der Waals surface area contributed by atoms with Crippen molar-refractivity contribution < 1.29 is 13.2 Å². The molecule has 20 heavy (non-hydrogen) atoms. The fraction of sp³-hybridized carbons (Fsp3) is 0.533. The van der Waals surface area contributed by atoms with Gasteiger partial charge in [0.05, 0.1) is 17.2 Å². The van der Waals surface area contributed by atoms with Crippen LogP contribution in [0.15, 0.2) is 18.2 Å². The smallest absolute Gasteiger partial charge is 0.382 e. The van der Waals surface area contributed by atoms with Crippen molar-refractivity contribution in [2.45, 2.75) is 37.9 Å². The van der Waals surface area contributed by atoms with Crippen molar-refractivity contribution in [3.05, 3.63) is 29.3 Å². The van der Waals surface area contributed by atoms with Crippen LogP contribution in [0.25, 0.3) is 0 Å². The average molecular weight is 280 g/mol. The molecule has 2 aliphatic rings. The number of hydrogen-bond acceptors (Lipinski definition) is 2. The lowest BCUT2D eigenvalue weighted by molar-refractivity contribution is -0.137. The Kier molecular flexibility index (Phi) is 3.12. The topological polar surface area (TPSA) is 35.8 Å². The van der Waals surface area contributed by atoms with E-state index in [1.54, 1.807) is 6.07 Å². The zero-order chi connectivity index (χ0) is 14.3. The van der Waals surface area contributed by atoms with Crippen molar-refractivity contribution in [3.63, 3.8) is 0 Å². The van der Waals surface area contributed by atoms with Crippen LogP contribution in [0.4, 0.5) is 18.9 Å². The number of nitrogens with one attached hydrogen (secondary N) is 1. The van der Waals surface area contributed by atoms with Crippen molar-refractivity contribution in [3.8, 4) is 6.07 Å². The number of halogens is 3. The van der Waals surface area contributed by atoms with E-state index in [0.717, 1.165) is 18.4 Å². The summed E-state index contributed by atoms with van der Waals surface area (Å²) in [7, 11) is 0. The van der Waals surface area contributed by atoms with Crippen LogP contribution in [0.5, 0.6) is 0 Å². The molecule has 2 saturated carbocycles. The highest BCUT2D eigenvalue weighted by molar-refractivity contribution is 5.54. The molecule has 1 N–H and O–H groups in total. The molecule has 3 atom stereocenters. The minimum Gasteiger partial charge on any atom is -0.382 e. The molecule has 2 aliphatic carbocycles. The van der Waals surface area contributed by atoms with Crippen molar-refractivity contribution in [2.75, 3.05) is 5.32 Å². The van der Waals surface area contributed by atoms with Crippen molar-refractivity contribution in [2.24, 2.45) is 11.8 Å². The minimum atomic E-state index is -4.48. The third-order valence-electron chi connectivity index (χ3n) is 4.54. The summed E-state index contributed by atoms with van der Waals surface area (Å²) in [4.78, 5) is 0. The van der Waals surface area contributed by atoms with Gasteiger partial charge in [-0.15, -0.1) is 0 Å². The fourth-order valence-corrected chi connectivity index (χ4v) is 3.61. The van der Waals surface area contributed by atoms with Gasteiger partial charge in [0.15, 0.2) is 0 Å². The Balaban J connectivity index is 1.80. The summed E-state index contributed by atoms with van der Waals surface area (Å²) in [5, 5.41) is 12.2. The van der Waals surface area contributed by atoms with E-state index in [0.29, 0.717) is 17.6 Å². The van der Waals surface area contributed by atoms with Gasteiger partial charge in [0, 0.05) is 11.7 Å². The standard InChI is InChI=1S/C15H15F3N2/c16-15(17,18)13-4-3-12(7-11(13)8-19)20-14-6-9-1-2-10(14)5-9/h3-4,7,9-10,14,20H,1-2,5-6H2. The molecule has 1 aromatic carbocycles. The molecular formula is C15H15F3N2. The lowest BCUT2D eigenvalue weighted by Gasteiger charge is -2.24. The molecule has 0 heterocycles. The summed E-state index contributed by atoms with van der Waals surface area (Å²) in [6.07, 6.45) is 0.320. The lowest BCUT2D eigenvalue weighted by atomic mass is 9.95. The number of hydrogen-bond donors (Lipinski definition) is 1. The molecule has 0 radical (unpaired) electrons. The van der Waals surface area contributed by atoms with E-state index >= 15 is 0 Å². The summed E-state index contributed by atoms with van der Waals surface area (Å²) < 4.78 is 38.2. The monoisotopic (exact) mass is 280 g/mol. The van der Waals surface area contributed by atoms with Crippen molar-refractivity contribution in [1.82, 2.24) is 0 Å². The maximum absolute atomic E-state index is 12.7. The summed E-state index contributed by atoms with van der Waals surface area (Å²) in [6, 6.07) is 5.72. The van der Waals surface area contributed by atoms with E-state index in [1.807, 2.05) is 0 Å². The van der Waals surface area contributed by atoms with Crippen molar-refractivity contribution >= 4 is 5.69 Å². The van der Waals surface area contributed by atoms with Gasteiger partial charge in [-0.25, -0.2) is 0 Å². The largest absolute Gasteiger partial charge is 0.417 e. The highest BCUT2D eigenvalue weighted by Gasteiger charge is 2.39. The normalized spacial score (nSPS) is 28.4. The summed E-state index contributed by atoms with van der Waals surface area (Å²) >= 11 is 0. The van der Waals surface area contributed by atoms with Gasteiger partial charge >= 0.3 is 6.18 Å². The second-order valence-electron chi connectivity index (χ2n) is 5.80. The quantitative estimate of drug-likeness (QED) is 0.882. The summed E-state index contributed by atoms with van der Waals surface area (Å²) in [5.74, 6) is 1.40. The number of benzene rings is 1. The molecule has 0 aliphatic heterocycles. The van der Waals surface area contributed by atoms with Crippen LogP contribution in [-0.4, -0.2) is 6.04 Å². The van der Waals surface area contributed by atoms with Gasteiger partial charge in [0.1, 0.15) is 0 Å². The molecule has 1 aromatic rings. The maximum Gasteiger partial charge on any atom is 0.417 e. The maximum atomic E-state index is 12.7. The zero-order valence-electron chi connectivity index (χ0n) is 10.9. The molecule has 3 unspecified atom stereocenters. The molecule has 2 fully saturated rings. The first-order valence-corrected chi connectivity index (χ1v) is 6.85. The number of alkyl halides is 3. The van der Waals surface area contributed by atoms with Gasteiger partial charge in [0.2, 0.25) is 0 Å². The third-order valence-corrected chi connectivity index (χ3v) is 4.54. The van der Waals surface area contributed by atoms with Crippen LogP contribution in [-0.2, 0) is 6.18 Å². The highest BCUT2D eigenvalue weighted by atomic mass is 19.4. The predicted octanol–water partition coefficient (Wildman–Crippen LogP) is 4.18. The molecular weight excluding hydrogens is 265 g/mol. The number of fused-ring (bicyclic) bond motifs is 2. The Morgan fingerprint density at radius 1 is 1.20 bits per heavy atom. The molecule has 2 bridgehead atoms. The second-order valence-corrected chi connectivity index (χ2v) is 5.80. The highest BCUT2D eigenvalue weighted by Crippen LogP contribution is 2.45. The Bertz CT molecular complexity index is 559. The van der Waals surface area contributed by atoms with E-state index in [9.17, 15) is 13.2 Å². The number of nitriles is 1. The van der Waals surface area contributed by atoms with Crippen LogP contribution in [0.2, 0.25) is 0 Å². The number of rotatable bonds is 2. The Hall–Kier alpha value is -1.70. The molecule has 0 saturated heterocycles. The lowest BCUT2D eigenvalue weighted by Crippen LogP contribution is -2.25. The Labute approximate surface area is 115 Å². The average Bonchev–Trinajstić information content (AvgIpc) is 2.99. The summed E-state index contributed by atoms with van der Waals surface area (Å²) in [6.45, 7) is 0. The van der Waals surface area contributed by atoms with Crippen LogP contribution in [0.1, 0.15) is 36.8 Å². The fourth-order valence-electron chi connectivity index (χ4n) is 3.61. The molecule has 2 nitrogen and oxygen atoms in total. The first-order chi connectivity index (χ1) is 9.47. The van der Waals surface area contributed by atoms with Gasteiger partial charge in [-0.2, -0.15) is 18.4 Å². The number of anilines is 1. The van der Waals surface area contributed by atoms with Gasteiger partial charge in [-0.3, -0.25) is 0 Å². The van der Waals surface area contributed by atoms with Gasteiger partial charge < -0.3 is 5.32 Å². The third kappa shape index (κ3) is 2.35. The first kappa shape index (κ1) is 13.3. The zero-order valence-corrected chi connectivity index (χ0v) is 10.9. The Morgan fingerprint density at radius 3 is 2.55 bits per heavy atom. The van der Waals surface area contributed by atoms with Crippen LogP contribution in [0.3, 0.4) is 0 Å². The molecule has 0 spiro atoms. The van der Waals surface area contributed by atoms with Gasteiger partial charge in [-0.05, 0) is 49.3 Å². The number of nitrogens with zero attached hydrogens (tertiary/aromatic N) is 1. The summed E-state index contributed by atoms with van der Waals surface area (Å²) in [5.41, 5.74) is -0.559. The van der Waals surface area contributed by atoms with Crippen LogP contribution < -0.4 is 5.32 Å². The molecule has 5 heteroatoms. The van der Waals surface area contributed by atoms with E-state index in [1.165, 1.54) is 31.4 Å². The molecule has 0 aromatic heterocycles. The van der Waals surface area contributed by atoms with E-state index < -0.39 is 11.7 Å². The second kappa shape index (κ2) is 4.69. The first-order valence-electron chi connectivity index (χ1n) is 6.85. The molecule has 3 rings (SSSR count). The van der Waals surface area contributed by atoms with E-state index in [-0.39, 0.29) is 5.56 Å². The van der Waals surface area contributed by atoms with Crippen LogP contribution in [0, 0.1) is 23.2 Å². The molecule has 106 valence electrons. The minimum absolute atomic E-state index is 0.314. The van der Waals surface area contributed by atoms with Crippen molar-refractivity contribution in [1.29, 1.82) is 5.26 Å². The predicted molar refractivity (Wildman–Crippen MR) is 69.0 cm³/mol. The SMILES string of the molecule is N#Cc1cc(NC2CC3CCC2C3)ccc1C(F)(F)F.